The van der Waals surface area contributed by atoms with Gasteiger partial charge < -0.3 is 14.5 Å². The number of carbonyl (C=O) groups is 2. The van der Waals surface area contributed by atoms with Crippen molar-refractivity contribution >= 4 is 11.9 Å². The number of rotatable bonds is 6. The molecule has 1 aromatic heterocycles. The molecule has 0 saturated heterocycles. The molecule has 0 aliphatic heterocycles. The van der Waals surface area contributed by atoms with Crippen molar-refractivity contribution in [2.75, 3.05) is 6.54 Å². The molecule has 2 rings (SSSR count). The second-order valence-corrected chi connectivity index (χ2v) is 5.01. The minimum Gasteiger partial charge on any atom is -0.480 e. The lowest BCUT2D eigenvalue weighted by atomic mass is 10.1. The van der Waals surface area contributed by atoms with Crippen molar-refractivity contribution in [1.82, 2.24) is 10.1 Å². The van der Waals surface area contributed by atoms with Gasteiger partial charge in [0.1, 0.15) is 12.8 Å². The zero-order chi connectivity index (χ0) is 17.7. The van der Waals surface area contributed by atoms with E-state index in [1.807, 2.05) is 0 Å². The lowest BCUT2D eigenvalue weighted by Gasteiger charge is -2.20. The Morgan fingerprint density at radius 1 is 1.17 bits per heavy atom. The molecule has 0 radical (unpaired) electrons. The van der Waals surface area contributed by atoms with Gasteiger partial charge in [0, 0.05) is 12.6 Å². The highest BCUT2D eigenvalue weighted by Gasteiger charge is 2.30. The van der Waals surface area contributed by atoms with E-state index in [1.54, 1.807) is 0 Å². The van der Waals surface area contributed by atoms with E-state index in [9.17, 15) is 22.8 Å². The first kappa shape index (κ1) is 17.5. The average Bonchev–Trinajstić information content (AvgIpc) is 2.98. The van der Waals surface area contributed by atoms with Crippen molar-refractivity contribution in [3.8, 4) is 0 Å². The van der Waals surface area contributed by atoms with Crippen LogP contribution in [-0.4, -0.2) is 33.6 Å². The quantitative estimate of drug-likeness (QED) is 0.871. The number of alkyl halides is 3. The first-order valence-electron chi connectivity index (χ1n) is 6.80. The largest absolute Gasteiger partial charge is 0.480 e. The Morgan fingerprint density at radius 2 is 1.83 bits per heavy atom. The van der Waals surface area contributed by atoms with Gasteiger partial charge in [-0.2, -0.15) is 13.2 Å². The predicted octanol–water partition coefficient (Wildman–Crippen LogP) is 2.35. The van der Waals surface area contributed by atoms with E-state index >= 15 is 0 Å². The van der Waals surface area contributed by atoms with Crippen LogP contribution in [0.5, 0.6) is 0 Å². The second-order valence-electron chi connectivity index (χ2n) is 5.01. The van der Waals surface area contributed by atoms with Gasteiger partial charge in [-0.15, -0.1) is 0 Å². The van der Waals surface area contributed by atoms with Crippen molar-refractivity contribution < 1.29 is 32.4 Å². The van der Waals surface area contributed by atoms with E-state index in [0.29, 0.717) is 11.3 Å². The number of hydrogen-bond acceptors (Lipinski definition) is 4. The summed E-state index contributed by atoms with van der Waals surface area (Å²) in [5.74, 6) is -1.75. The number of carboxylic acid groups (broad SMARTS) is 1. The van der Waals surface area contributed by atoms with Gasteiger partial charge in [-0.1, -0.05) is 17.3 Å². The van der Waals surface area contributed by atoms with Gasteiger partial charge in [0.2, 0.25) is 5.91 Å². The fourth-order valence-electron chi connectivity index (χ4n) is 2.01. The molecule has 0 saturated carbocycles. The van der Waals surface area contributed by atoms with Gasteiger partial charge in [0.15, 0.2) is 0 Å². The third kappa shape index (κ3) is 4.83. The molecule has 6 nitrogen and oxygen atoms in total. The van der Waals surface area contributed by atoms with Gasteiger partial charge in [-0.25, -0.2) is 0 Å². The first-order chi connectivity index (χ1) is 11.3. The highest BCUT2D eigenvalue weighted by molar-refractivity contribution is 5.82. The van der Waals surface area contributed by atoms with Crippen LogP contribution >= 0.6 is 0 Å². The standard InChI is InChI=1S/C15H13F3N2O4/c16-15(17,18)11-3-1-10(2-4-11)8-20(9-14(22)23)13(21)7-12-5-6-24-19-12/h1-6H,7-9H2,(H,22,23). The molecule has 0 spiro atoms. The topological polar surface area (TPSA) is 83.6 Å². The number of nitrogens with zero attached hydrogens (tertiary/aromatic N) is 2. The van der Waals surface area contributed by atoms with Crippen LogP contribution in [0.3, 0.4) is 0 Å². The molecular weight excluding hydrogens is 329 g/mol. The number of halogens is 3. The van der Waals surface area contributed by atoms with Crippen LogP contribution in [0.1, 0.15) is 16.8 Å². The van der Waals surface area contributed by atoms with Crippen LogP contribution in [0, 0.1) is 0 Å². The minimum atomic E-state index is -4.46. The van der Waals surface area contributed by atoms with E-state index in [2.05, 4.69) is 9.68 Å². The van der Waals surface area contributed by atoms with Crippen molar-refractivity contribution in [3.05, 3.63) is 53.4 Å². The lowest BCUT2D eigenvalue weighted by molar-refractivity contribution is -0.144. The van der Waals surface area contributed by atoms with Gasteiger partial charge >= 0.3 is 12.1 Å². The van der Waals surface area contributed by atoms with Crippen LogP contribution in [0.15, 0.2) is 41.1 Å². The summed E-state index contributed by atoms with van der Waals surface area (Å²) >= 11 is 0. The summed E-state index contributed by atoms with van der Waals surface area (Å²) in [4.78, 5) is 24.1. The zero-order valence-corrected chi connectivity index (χ0v) is 12.3. The summed E-state index contributed by atoms with van der Waals surface area (Å²) in [6.45, 7) is -0.696. The van der Waals surface area contributed by atoms with E-state index < -0.39 is 30.2 Å². The summed E-state index contributed by atoms with van der Waals surface area (Å²) < 4.78 is 42.2. The van der Waals surface area contributed by atoms with E-state index in [0.717, 1.165) is 17.0 Å². The molecular formula is C15H13F3N2O4. The van der Waals surface area contributed by atoms with Gasteiger partial charge in [-0.05, 0) is 17.7 Å². The molecule has 1 heterocycles. The van der Waals surface area contributed by atoms with E-state index in [-0.39, 0.29) is 13.0 Å². The molecule has 2 aromatic rings. The normalized spacial score (nSPS) is 11.3. The maximum Gasteiger partial charge on any atom is 0.416 e. The van der Waals surface area contributed by atoms with Crippen molar-refractivity contribution in [1.29, 1.82) is 0 Å². The Morgan fingerprint density at radius 3 is 2.33 bits per heavy atom. The lowest BCUT2D eigenvalue weighted by Crippen LogP contribution is -2.36. The smallest absolute Gasteiger partial charge is 0.416 e. The number of aliphatic carboxylic acids is 1. The number of hydrogen-bond donors (Lipinski definition) is 1. The molecule has 128 valence electrons. The van der Waals surface area contributed by atoms with Crippen LogP contribution < -0.4 is 0 Å². The number of carboxylic acids is 1. The summed E-state index contributed by atoms with van der Waals surface area (Å²) in [5.41, 5.74) is -0.0921. The summed E-state index contributed by atoms with van der Waals surface area (Å²) in [5, 5.41) is 12.5. The summed E-state index contributed by atoms with van der Waals surface area (Å²) in [6, 6.07) is 5.66. The fourth-order valence-corrected chi connectivity index (χ4v) is 2.01. The molecule has 0 fully saturated rings. The van der Waals surface area contributed by atoms with Crippen LogP contribution in [-0.2, 0) is 28.7 Å². The third-order valence-corrected chi connectivity index (χ3v) is 3.16. The van der Waals surface area contributed by atoms with E-state index in [4.69, 9.17) is 5.11 Å². The maximum absolute atomic E-state index is 12.5. The van der Waals surface area contributed by atoms with Crippen molar-refractivity contribution in [2.45, 2.75) is 19.1 Å². The SMILES string of the molecule is O=C(O)CN(Cc1ccc(C(F)(F)F)cc1)C(=O)Cc1ccon1. The Labute approximate surface area is 134 Å². The Hall–Kier alpha value is -2.84. The Kier molecular flexibility index (Phi) is 5.22. The highest BCUT2D eigenvalue weighted by Crippen LogP contribution is 2.29. The number of aromatic nitrogens is 1. The third-order valence-electron chi connectivity index (χ3n) is 3.16. The van der Waals surface area contributed by atoms with Crippen LogP contribution in [0.4, 0.5) is 13.2 Å². The second kappa shape index (κ2) is 7.16. The molecule has 1 N–H and O–H groups in total. The molecule has 1 aromatic carbocycles. The zero-order valence-electron chi connectivity index (χ0n) is 12.3. The monoisotopic (exact) mass is 342 g/mol. The molecule has 0 unspecified atom stereocenters. The van der Waals surface area contributed by atoms with Crippen molar-refractivity contribution in [2.24, 2.45) is 0 Å². The predicted molar refractivity (Wildman–Crippen MR) is 74.7 cm³/mol. The highest BCUT2D eigenvalue weighted by atomic mass is 19.4. The average molecular weight is 342 g/mol. The molecule has 0 aliphatic carbocycles. The minimum absolute atomic E-state index is 0.124. The maximum atomic E-state index is 12.5. The van der Waals surface area contributed by atoms with Gasteiger partial charge in [0.25, 0.3) is 0 Å². The van der Waals surface area contributed by atoms with Gasteiger partial charge in [0.05, 0.1) is 17.7 Å². The fraction of sp³-hybridized carbons (Fsp3) is 0.267. The Balaban J connectivity index is 2.10. The number of carbonyl (C=O) groups excluding carboxylic acids is 1. The molecule has 1 amide bonds. The van der Waals surface area contributed by atoms with E-state index in [1.165, 1.54) is 24.5 Å². The number of amides is 1. The molecule has 9 heteroatoms. The molecule has 0 aliphatic rings. The summed E-state index contributed by atoms with van der Waals surface area (Å²) in [6.07, 6.45) is -3.34. The van der Waals surface area contributed by atoms with Crippen molar-refractivity contribution in [3.63, 3.8) is 0 Å². The number of benzene rings is 1. The Bertz CT molecular complexity index is 697. The first-order valence-corrected chi connectivity index (χ1v) is 6.80. The summed E-state index contributed by atoms with van der Waals surface area (Å²) in [7, 11) is 0. The molecule has 24 heavy (non-hydrogen) atoms. The van der Waals surface area contributed by atoms with Crippen LogP contribution in [0.25, 0.3) is 0 Å². The van der Waals surface area contributed by atoms with Crippen LogP contribution in [0.2, 0.25) is 0 Å². The molecule has 0 atom stereocenters. The molecule has 0 bridgehead atoms. The van der Waals surface area contributed by atoms with Gasteiger partial charge in [-0.3, -0.25) is 9.59 Å².